The Bertz CT molecular complexity index is 1330. The first-order chi connectivity index (χ1) is 19.1. The van der Waals surface area contributed by atoms with Crippen LogP contribution in [0.15, 0.2) is 85.1 Å². The summed E-state index contributed by atoms with van der Waals surface area (Å²) in [4.78, 5) is 33.9. The first kappa shape index (κ1) is 27.9. The Balaban J connectivity index is 1.51. The van der Waals surface area contributed by atoms with Gasteiger partial charge in [0.2, 0.25) is 11.8 Å². The van der Waals surface area contributed by atoms with Crippen LogP contribution >= 0.6 is 0 Å². The SMILES string of the molecule is COCCCN(CC(=O)N(CCc1c[nH]c2ccccc12)Cc1ccc(OC)cc1)C(=O)Cc1ccccc1. The van der Waals surface area contributed by atoms with Gasteiger partial charge >= 0.3 is 0 Å². The van der Waals surface area contributed by atoms with E-state index < -0.39 is 0 Å². The smallest absolute Gasteiger partial charge is 0.242 e. The maximum atomic E-state index is 13.8. The minimum atomic E-state index is -0.0792. The van der Waals surface area contributed by atoms with Crippen LogP contribution < -0.4 is 4.74 Å². The van der Waals surface area contributed by atoms with E-state index in [2.05, 4.69) is 17.1 Å². The van der Waals surface area contributed by atoms with E-state index in [0.29, 0.717) is 39.1 Å². The molecule has 0 spiro atoms. The number of fused-ring (bicyclic) bond motifs is 1. The zero-order valence-corrected chi connectivity index (χ0v) is 22.8. The molecule has 4 rings (SSSR count). The molecule has 0 saturated heterocycles. The van der Waals surface area contributed by atoms with Crippen molar-refractivity contribution in [3.8, 4) is 5.75 Å². The van der Waals surface area contributed by atoms with Crippen LogP contribution in [-0.4, -0.2) is 67.1 Å². The molecule has 0 fully saturated rings. The summed E-state index contributed by atoms with van der Waals surface area (Å²) >= 11 is 0. The largest absolute Gasteiger partial charge is 0.497 e. The molecule has 204 valence electrons. The number of benzene rings is 3. The van der Waals surface area contributed by atoms with E-state index in [-0.39, 0.29) is 24.8 Å². The number of nitrogens with one attached hydrogen (secondary N) is 1. The van der Waals surface area contributed by atoms with Crippen LogP contribution in [0.25, 0.3) is 10.9 Å². The molecule has 7 nitrogen and oxygen atoms in total. The maximum Gasteiger partial charge on any atom is 0.242 e. The van der Waals surface area contributed by atoms with Gasteiger partial charge in [-0.05, 0) is 47.7 Å². The van der Waals surface area contributed by atoms with Crippen LogP contribution in [0.3, 0.4) is 0 Å². The molecule has 0 radical (unpaired) electrons. The Kier molecular flexibility index (Phi) is 10.1. The number of aromatic nitrogens is 1. The average Bonchev–Trinajstić information content (AvgIpc) is 3.38. The first-order valence-corrected chi connectivity index (χ1v) is 13.3. The molecule has 39 heavy (non-hydrogen) atoms. The monoisotopic (exact) mass is 527 g/mol. The Morgan fingerprint density at radius 3 is 2.28 bits per heavy atom. The summed E-state index contributed by atoms with van der Waals surface area (Å²) < 4.78 is 10.5. The Labute approximate surface area is 230 Å². The molecular weight excluding hydrogens is 490 g/mol. The number of carbonyl (C=O) groups excluding carboxylic acids is 2. The average molecular weight is 528 g/mol. The predicted molar refractivity (Wildman–Crippen MR) is 154 cm³/mol. The minimum Gasteiger partial charge on any atom is -0.497 e. The molecule has 7 heteroatoms. The molecule has 1 N–H and O–H groups in total. The molecule has 1 aromatic heterocycles. The van der Waals surface area contributed by atoms with E-state index in [9.17, 15) is 9.59 Å². The highest BCUT2D eigenvalue weighted by Gasteiger charge is 2.22. The van der Waals surface area contributed by atoms with E-state index >= 15 is 0 Å². The van der Waals surface area contributed by atoms with E-state index in [0.717, 1.165) is 33.3 Å². The van der Waals surface area contributed by atoms with Crippen LogP contribution in [0.1, 0.15) is 23.1 Å². The van der Waals surface area contributed by atoms with Gasteiger partial charge < -0.3 is 24.3 Å². The van der Waals surface area contributed by atoms with Gasteiger partial charge in [-0.1, -0.05) is 60.7 Å². The highest BCUT2D eigenvalue weighted by molar-refractivity contribution is 5.86. The van der Waals surface area contributed by atoms with Gasteiger partial charge in [0.05, 0.1) is 20.1 Å². The fourth-order valence-corrected chi connectivity index (χ4v) is 4.67. The van der Waals surface area contributed by atoms with E-state index in [4.69, 9.17) is 9.47 Å². The third-order valence-electron chi connectivity index (χ3n) is 6.86. The number of methoxy groups -OCH3 is 2. The molecule has 0 aliphatic rings. The topological polar surface area (TPSA) is 74.9 Å². The van der Waals surface area contributed by atoms with Crippen LogP contribution in [0, 0.1) is 0 Å². The molecule has 3 aromatic carbocycles. The summed E-state index contributed by atoms with van der Waals surface area (Å²) in [5.41, 5.74) is 4.18. The second-order valence-corrected chi connectivity index (χ2v) is 9.60. The van der Waals surface area contributed by atoms with Gasteiger partial charge in [-0.3, -0.25) is 9.59 Å². The van der Waals surface area contributed by atoms with Crippen molar-refractivity contribution in [3.63, 3.8) is 0 Å². The summed E-state index contributed by atoms with van der Waals surface area (Å²) in [7, 11) is 3.28. The molecule has 0 aliphatic heterocycles. The van der Waals surface area contributed by atoms with Crippen molar-refractivity contribution >= 4 is 22.7 Å². The molecule has 0 unspecified atom stereocenters. The van der Waals surface area contributed by atoms with Gasteiger partial charge in [-0.15, -0.1) is 0 Å². The molecule has 4 aromatic rings. The first-order valence-electron chi connectivity index (χ1n) is 13.3. The van der Waals surface area contributed by atoms with Crippen LogP contribution in [-0.2, 0) is 33.7 Å². The van der Waals surface area contributed by atoms with Crippen molar-refractivity contribution in [3.05, 3.63) is 102 Å². The standard InChI is InChI=1S/C32H37N3O4/c1-38-20-8-18-34(31(36)21-25-9-4-3-5-10-25)24-32(37)35(23-26-13-15-28(39-2)16-14-26)19-17-27-22-33-30-12-7-6-11-29(27)30/h3-7,9-16,22,33H,8,17-21,23-24H2,1-2H3. The van der Waals surface area contributed by atoms with Crippen molar-refractivity contribution < 1.29 is 19.1 Å². The quantitative estimate of drug-likeness (QED) is 0.238. The third-order valence-corrected chi connectivity index (χ3v) is 6.86. The van der Waals surface area contributed by atoms with Crippen molar-refractivity contribution in [1.82, 2.24) is 14.8 Å². The number of rotatable bonds is 14. The van der Waals surface area contributed by atoms with Crippen LogP contribution in [0.2, 0.25) is 0 Å². The lowest BCUT2D eigenvalue weighted by Crippen LogP contribution is -2.44. The highest BCUT2D eigenvalue weighted by atomic mass is 16.5. The Morgan fingerprint density at radius 2 is 1.54 bits per heavy atom. The summed E-state index contributed by atoms with van der Waals surface area (Å²) in [6.45, 7) is 2.00. The van der Waals surface area contributed by atoms with Crippen molar-refractivity contribution in [2.24, 2.45) is 0 Å². The van der Waals surface area contributed by atoms with Gasteiger partial charge in [0.1, 0.15) is 5.75 Å². The lowest BCUT2D eigenvalue weighted by molar-refractivity contribution is -0.140. The second kappa shape index (κ2) is 14.2. The summed E-state index contributed by atoms with van der Waals surface area (Å²) in [6, 6.07) is 25.6. The molecule has 2 amide bonds. The number of amides is 2. The number of nitrogens with zero attached hydrogens (tertiary/aromatic N) is 2. The van der Waals surface area contributed by atoms with Crippen molar-refractivity contribution in [2.45, 2.75) is 25.8 Å². The normalized spacial score (nSPS) is 10.9. The minimum absolute atomic E-state index is 0.0272. The molecule has 1 heterocycles. The highest BCUT2D eigenvalue weighted by Crippen LogP contribution is 2.19. The van der Waals surface area contributed by atoms with Gasteiger partial charge in [-0.2, -0.15) is 0 Å². The zero-order valence-electron chi connectivity index (χ0n) is 22.8. The number of para-hydroxylation sites is 1. The zero-order chi connectivity index (χ0) is 27.5. The molecule has 0 saturated carbocycles. The summed E-state index contributed by atoms with van der Waals surface area (Å²) in [5.74, 6) is 0.627. The van der Waals surface area contributed by atoms with Gasteiger partial charge in [0.15, 0.2) is 0 Å². The lowest BCUT2D eigenvalue weighted by Gasteiger charge is -2.28. The number of carbonyl (C=O) groups is 2. The van der Waals surface area contributed by atoms with Crippen LogP contribution in [0.5, 0.6) is 5.75 Å². The second-order valence-electron chi connectivity index (χ2n) is 9.60. The number of aromatic amines is 1. The summed E-state index contributed by atoms with van der Waals surface area (Å²) in [5, 5.41) is 1.16. The van der Waals surface area contributed by atoms with Crippen molar-refractivity contribution in [2.75, 3.05) is 40.5 Å². The van der Waals surface area contributed by atoms with E-state index in [1.54, 1.807) is 19.1 Å². The maximum absolute atomic E-state index is 13.8. The summed E-state index contributed by atoms with van der Waals surface area (Å²) in [6.07, 6.45) is 3.64. The number of H-pyrrole nitrogens is 1. The number of hydrogen-bond acceptors (Lipinski definition) is 4. The molecule has 0 atom stereocenters. The lowest BCUT2D eigenvalue weighted by atomic mass is 10.1. The third kappa shape index (κ3) is 7.94. The van der Waals surface area contributed by atoms with E-state index in [1.807, 2.05) is 77.8 Å². The Morgan fingerprint density at radius 1 is 0.795 bits per heavy atom. The van der Waals surface area contributed by atoms with Gasteiger partial charge in [-0.25, -0.2) is 0 Å². The molecule has 0 aliphatic carbocycles. The number of ether oxygens (including phenoxy) is 2. The fourth-order valence-electron chi connectivity index (χ4n) is 4.67. The number of hydrogen-bond donors (Lipinski definition) is 1. The van der Waals surface area contributed by atoms with Gasteiger partial charge in [0.25, 0.3) is 0 Å². The van der Waals surface area contributed by atoms with Gasteiger partial charge in [0, 0.05) is 50.5 Å². The van der Waals surface area contributed by atoms with Crippen LogP contribution in [0.4, 0.5) is 0 Å². The molecule has 0 bridgehead atoms. The predicted octanol–water partition coefficient (Wildman–Crippen LogP) is 4.86. The Hall–Kier alpha value is -4.10. The molecular formula is C32H37N3O4. The van der Waals surface area contributed by atoms with E-state index in [1.165, 1.54) is 0 Å². The van der Waals surface area contributed by atoms with Crippen molar-refractivity contribution in [1.29, 1.82) is 0 Å². The fraction of sp³-hybridized carbons (Fsp3) is 0.312.